The van der Waals surface area contributed by atoms with Crippen LogP contribution in [0.5, 0.6) is 0 Å². The Kier molecular flexibility index (Phi) is 5.69. The number of aryl methyl sites for hydroxylation is 1. The van der Waals surface area contributed by atoms with Crippen molar-refractivity contribution >= 4 is 11.5 Å². The smallest absolute Gasteiger partial charge is 0.146 e. The normalized spacial score (nSPS) is 21.1. The molecule has 1 fully saturated rings. The lowest BCUT2D eigenvalue weighted by Crippen LogP contribution is -2.21. The molecule has 1 aliphatic rings. The highest BCUT2D eigenvalue weighted by atomic mass is 19.1. The summed E-state index contributed by atoms with van der Waals surface area (Å²) in [5.74, 6) is 1.37. The average Bonchev–Trinajstić information content (AvgIpc) is 2.65. The Morgan fingerprint density at radius 3 is 2.48 bits per heavy atom. The highest BCUT2D eigenvalue weighted by Gasteiger charge is 2.23. The number of oxime groups is 1. The van der Waals surface area contributed by atoms with Crippen LogP contribution in [0.2, 0.25) is 0 Å². The number of anilines is 1. The lowest BCUT2D eigenvalue weighted by atomic mass is 9.77. The molecule has 2 N–H and O–H groups in total. The van der Waals surface area contributed by atoms with E-state index in [2.05, 4.69) is 40.8 Å². The van der Waals surface area contributed by atoms with Gasteiger partial charge in [-0.15, -0.1) is 0 Å². The van der Waals surface area contributed by atoms with Gasteiger partial charge >= 0.3 is 0 Å². The molecule has 0 radical (unpaired) electrons. The molecule has 2 aromatic rings. The SMILES string of the molecule is Cc1ccc(N/C(CC2CCC(c3ccccc3)CC2)=N\O)cc1F. The quantitative estimate of drug-likeness (QED) is 0.325. The fourth-order valence-electron chi connectivity index (χ4n) is 3.65. The second-order valence-electron chi connectivity index (χ2n) is 6.97. The van der Waals surface area contributed by atoms with Crippen molar-refractivity contribution in [3.05, 3.63) is 65.5 Å². The molecule has 3 rings (SSSR count). The Morgan fingerprint density at radius 1 is 1.12 bits per heavy atom. The third-order valence-corrected chi connectivity index (χ3v) is 5.18. The molecule has 1 aliphatic carbocycles. The molecule has 3 nitrogen and oxygen atoms in total. The van der Waals surface area contributed by atoms with Gasteiger partial charge in [0.2, 0.25) is 0 Å². The zero-order valence-corrected chi connectivity index (χ0v) is 14.6. The fraction of sp³-hybridized carbons (Fsp3) is 0.381. The van der Waals surface area contributed by atoms with Gasteiger partial charge in [0, 0.05) is 12.1 Å². The summed E-state index contributed by atoms with van der Waals surface area (Å²) in [6.45, 7) is 1.73. The zero-order valence-electron chi connectivity index (χ0n) is 14.6. The molecule has 0 atom stereocenters. The van der Waals surface area contributed by atoms with Crippen molar-refractivity contribution in [1.82, 2.24) is 0 Å². The number of hydrogen-bond donors (Lipinski definition) is 2. The maximum atomic E-state index is 13.7. The standard InChI is InChI=1S/C21H25FN2O/c1-15-7-12-19(14-20(15)22)23-21(24-25)13-16-8-10-18(11-9-16)17-5-3-2-4-6-17/h2-7,12,14,16,18,25H,8-11,13H2,1H3,(H,23,24). The number of halogens is 1. The summed E-state index contributed by atoms with van der Waals surface area (Å²) in [7, 11) is 0. The van der Waals surface area contributed by atoms with Crippen molar-refractivity contribution in [3.8, 4) is 0 Å². The number of hydrogen-bond acceptors (Lipinski definition) is 2. The van der Waals surface area contributed by atoms with Crippen LogP contribution in [0, 0.1) is 18.7 Å². The van der Waals surface area contributed by atoms with Crippen LogP contribution in [0.1, 0.15) is 49.1 Å². The molecule has 0 bridgehead atoms. The van der Waals surface area contributed by atoms with Crippen LogP contribution < -0.4 is 5.32 Å². The van der Waals surface area contributed by atoms with Gasteiger partial charge < -0.3 is 10.5 Å². The van der Waals surface area contributed by atoms with Gasteiger partial charge in [0.25, 0.3) is 0 Å². The fourth-order valence-corrected chi connectivity index (χ4v) is 3.65. The predicted molar refractivity (Wildman–Crippen MR) is 99.7 cm³/mol. The Labute approximate surface area is 148 Å². The van der Waals surface area contributed by atoms with E-state index in [-0.39, 0.29) is 5.82 Å². The van der Waals surface area contributed by atoms with E-state index in [0.717, 1.165) is 25.7 Å². The molecular weight excluding hydrogens is 315 g/mol. The van der Waals surface area contributed by atoms with Gasteiger partial charge in [0.05, 0.1) is 0 Å². The van der Waals surface area contributed by atoms with Crippen LogP contribution in [0.3, 0.4) is 0 Å². The molecule has 0 aromatic heterocycles. The van der Waals surface area contributed by atoms with Gasteiger partial charge in [-0.05, 0) is 67.7 Å². The largest absolute Gasteiger partial charge is 0.409 e. The van der Waals surface area contributed by atoms with E-state index in [1.807, 2.05) is 0 Å². The van der Waals surface area contributed by atoms with Crippen molar-refractivity contribution in [1.29, 1.82) is 0 Å². The summed E-state index contributed by atoms with van der Waals surface area (Å²) >= 11 is 0. The van der Waals surface area contributed by atoms with Gasteiger partial charge in [-0.1, -0.05) is 41.6 Å². The minimum absolute atomic E-state index is 0.259. The molecule has 0 saturated heterocycles. The van der Waals surface area contributed by atoms with E-state index >= 15 is 0 Å². The monoisotopic (exact) mass is 340 g/mol. The number of nitrogens with one attached hydrogen (secondary N) is 1. The molecule has 25 heavy (non-hydrogen) atoms. The van der Waals surface area contributed by atoms with E-state index < -0.39 is 0 Å². The van der Waals surface area contributed by atoms with Gasteiger partial charge in [-0.2, -0.15) is 0 Å². The summed E-state index contributed by atoms with van der Waals surface area (Å²) in [5.41, 5.74) is 2.64. The maximum Gasteiger partial charge on any atom is 0.146 e. The number of rotatable bonds is 4. The zero-order chi connectivity index (χ0) is 17.6. The summed E-state index contributed by atoms with van der Waals surface area (Å²) in [4.78, 5) is 0. The molecule has 0 unspecified atom stereocenters. The van der Waals surface area contributed by atoms with Crippen molar-refractivity contribution < 1.29 is 9.60 Å². The molecular formula is C21H25FN2O. The highest BCUT2D eigenvalue weighted by molar-refractivity contribution is 5.95. The maximum absolute atomic E-state index is 13.7. The topological polar surface area (TPSA) is 44.6 Å². The Morgan fingerprint density at radius 2 is 1.84 bits per heavy atom. The van der Waals surface area contributed by atoms with Crippen molar-refractivity contribution in [2.45, 2.75) is 44.9 Å². The van der Waals surface area contributed by atoms with E-state index in [1.54, 1.807) is 19.1 Å². The molecule has 2 aromatic carbocycles. The van der Waals surface area contributed by atoms with Crippen molar-refractivity contribution in [2.24, 2.45) is 11.1 Å². The van der Waals surface area contributed by atoms with Crippen LogP contribution in [0.4, 0.5) is 10.1 Å². The molecule has 0 heterocycles. The first kappa shape index (κ1) is 17.5. The van der Waals surface area contributed by atoms with E-state index in [9.17, 15) is 9.60 Å². The summed E-state index contributed by atoms with van der Waals surface area (Å²) < 4.78 is 13.7. The van der Waals surface area contributed by atoms with E-state index in [4.69, 9.17) is 0 Å². The first-order valence-electron chi connectivity index (χ1n) is 8.94. The van der Waals surface area contributed by atoms with Gasteiger partial charge in [0.15, 0.2) is 0 Å². The highest BCUT2D eigenvalue weighted by Crippen LogP contribution is 2.37. The minimum atomic E-state index is -0.259. The third kappa shape index (κ3) is 4.59. The second-order valence-corrected chi connectivity index (χ2v) is 6.97. The molecule has 0 amide bonds. The minimum Gasteiger partial charge on any atom is -0.409 e. The van der Waals surface area contributed by atoms with Crippen molar-refractivity contribution in [3.63, 3.8) is 0 Å². The van der Waals surface area contributed by atoms with Crippen LogP contribution in [0.25, 0.3) is 0 Å². The Bertz CT molecular complexity index is 722. The van der Waals surface area contributed by atoms with E-state index in [0.29, 0.717) is 35.3 Å². The first-order valence-corrected chi connectivity index (χ1v) is 8.94. The van der Waals surface area contributed by atoms with Crippen molar-refractivity contribution in [2.75, 3.05) is 5.32 Å². The van der Waals surface area contributed by atoms with Gasteiger partial charge in [-0.25, -0.2) is 4.39 Å². The molecule has 1 saturated carbocycles. The van der Waals surface area contributed by atoms with E-state index in [1.165, 1.54) is 11.6 Å². The van der Waals surface area contributed by atoms with Gasteiger partial charge in [-0.3, -0.25) is 0 Å². The summed E-state index contributed by atoms with van der Waals surface area (Å²) in [5, 5.41) is 15.7. The molecule has 0 aliphatic heterocycles. The first-order chi connectivity index (χ1) is 12.2. The summed E-state index contributed by atoms with van der Waals surface area (Å²) in [6, 6.07) is 15.6. The van der Waals surface area contributed by atoms with Gasteiger partial charge in [0.1, 0.15) is 11.7 Å². The predicted octanol–water partition coefficient (Wildman–Crippen LogP) is 5.70. The molecule has 0 spiro atoms. The van der Waals surface area contributed by atoms with Crippen LogP contribution >= 0.6 is 0 Å². The lowest BCUT2D eigenvalue weighted by Gasteiger charge is -2.29. The molecule has 132 valence electrons. The lowest BCUT2D eigenvalue weighted by molar-refractivity contribution is 0.306. The number of nitrogens with zero attached hydrogens (tertiary/aromatic N) is 1. The second kappa shape index (κ2) is 8.15. The number of amidine groups is 1. The number of benzene rings is 2. The van der Waals surface area contributed by atoms with Crippen LogP contribution in [-0.4, -0.2) is 11.0 Å². The Hall–Kier alpha value is -2.36. The Balaban J connectivity index is 1.54. The summed E-state index contributed by atoms with van der Waals surface area (Å²) in [6.07, 6.45) is 5.23. The average molecular weight is 340 g/mol. The van der Waals surface area contributed by atoms with Crippen LogP contribution in [0.15, 0.2) is 53.7 Å². The van der Waals surface area contributed by atoms with Crippen LogP contribution in [-0.2, 0) is 0 Å². The third-order valence-electron chi connectivity index (χ3n) is 5.18. The molecule has 4 heteroatoms.